The summed E-state index contributed by atoms with van der Waals surface area (Å²) in [5, 5.41) is 0. The lowest BCUT2D eigenvalue weighted by Crippen LogP contribution is -2.42. The molecule has 108 valence electrons. The molecule has 2 heterocycles. The van der Waals surface area contributed by atoms with E-state index in [1.807, 2.05) is 12.5 Å². The van der Waals surface area contributed by atoms with E-state index in [2.05, 4.69) is 28.4 Å². The molecular formula is C14H26N4O. The van der Waals surface area contributed by atoms with Crippen LogP contribution in [-0.4, -0.2) is 47.3 Å². The predicted octanol–water partition coefficient (Wildman–Crippen LogP) is 1.40. The zero-order chi connectivity index (χ0) is 13.7. The number of aromatic nitrogens is 2. The van der Waals surface area contributed by atoms with Crippen LogP contribution in [0.5, 0.6) is 0 Å². The van der Waals surface area contributed by atoms with Crippen molar-refractivity contribution in [1.29, 1.82) is 0 Å². The Bertz CT molecular complexity index is 373. The van der Waals surface area contributed by atoms with E-state index in [1.54, 1.807) is 0 Å². The molecule has 5 heteroatoms. The van der Waals surface area contributed by atoms with Crippen molar-refractivity contribution in [3.63, 3.8) is 0 Å². The van der Waals surface area contributed by atoms with Gasteiger partial charge in [0.05, 0.1) is 18.1 Å². The zero-order valence-corrected chi connectivity index (χ0v) is 12.1. The molecule has 0 radical (unpaired) electrons. The number of ether oxygens (including phenoxy) is 1. The lowest BCUT2D eigenvalue weighted by Gasteiger charge is -2.36. The summed E-state index contributed by atoms with van der Waals surface area (Å²) in [6.45, 7) is 5.54. The average Bonchev–Trinajstić information content (AvgIpc) is 2.89. The molecule has 1 saturated heterocycles. The SMILES string of the molecule is CCCn1cncc1C(CN)N(C)C1CCOCC1. The molecule has 1 unspecified atom stereocenters. The van der Waals surface area contributed by atoms with Crippen LogP contribution in [-0.2, 0) is 11.3 Å². The minimum atomic E-state index is 0.247. The van der Waals surface area contributed by atoms with Crippen molar-refractivity contribution < 1.29 is 4.74 Å². The molecular weight excluding hydrogens is 240 g/mol. The van der Waals surface area contributed by atoms with Gasteiger partial charge in [0, 0.05) is 38.5 Å². The summed E-state index contributed by atoms with van der Waals surface area (Å²) in [5.74, 6) is 0. The first kappa shape index (κ1) is 14.5. The third-order valence-corrected chi connectivity index (χ3v) is 4.03. The van der Waals surface area contributed by atoms with Gasteiger partial charge in [-0.3, -0.25) is 4.90 Å². The minimum absolute atomic E-state index is 0.247. The van der Waals surface area contributed by atoms with E-state index < -0.39 is 0 Å². The topological polar surface area (TPSA) is 56.3 Å². The van der Waals surface area contributed by atoms with Crippen LogP contribution >= 0.6 is 0 Å². The summed E-state index contributed by atoms with van der Waals surface area (Å²) in [4.78, 5) is 6.70. The molecule has 0 bridgehead atoms. The molecule has 2 rings (SSSR count). The summed E-state index contributed by atoms with van der Waals surface area (Å²) in [6, 6.07) is 0.810. The highest BCUT2D eigenvalue weighted by Gasteiger charge is 2.26. The van der Waals surface area contributed by atoms with Gasteiger partial charge in [-0.2, -0.15) is 0 Å². The molecule has 0 spiro atoms. The number of imidazole rings is 1. The Labute approximate surface area is 115 Å². The van der Waals surface area contributed by atoms with Gasteiger partial charge >= 0.3 is 0 Å². The number of likely N-dealkylation sites (N-methyl/N-ethyl adjacent to an activating group) is 1. The average molecular weight is 266 g/mol. The number of hydrogen-bond donors (Lipinski definition) is 1. The van der Waals surface area contributed by atoms with Gasteiger partial charge in [-0.1, -0.05) is 6.92 Å². The predicted molar refractivity (Wildman–Crippen MR) is 75.9 cm³/mol. The Morgan fingerprint density at radius 3 is 2.89 bits per heavy atom. The van der Waals surface area contributed by atoms with Crippen LogP contribution < -0.4 is 5.73 Å². The third kappa shape index (κ3) is 3.35. The van der Waals surface area contributed by atoms with Crippen molar-refractivity contribution in [2.75, 3.05) is 26.8 Å². The molecule has 19 heavy (non-hydrogen) atoms. The van der Waals surface area contributed by atoms with Gasteiger partial charge in [0.25, 0.3) is 0 Å². The fourth-order valence-electron chi connectivity index (χ4n) is 2.88. The molecule has 1 aliphatic heterocycles. The van der Waals surface area contributed by atoms with Crippen LogP contribution in [0.15, 0.2) is 12.5 Å². The first-order valence-electron chi connectivity index (χ1n) is 7.27. The van der Waals surface area contributed by atoms with Crippen molar-refractivity contribution in [1.82, 2.24) is 14.5 Å². The molecule has 0 aromatic carbocycles. The second-order valence-electron chi connectivity index (χ2n) is 5.27. The van der Waals surface area contributed by atoms with E-state index in [0.29, 0.717) is 12.6 Å². The van der Waals surface area contributed by atoms with E-state index in [1.165, 1.54) is 5.69 Å². The largest absolute Gasteiger partial charge is 0.381 e. The van der Waals surface area contributed by atoms with Crippen LogP contribution in [0.3, 0.4) is 0 Å². The fraction of sp³-hybridized carbons (Fsp3) is 0.786. The maximum atomic E-state index is 6.02. The molecule has 0 aliphatic carbocycles. The molecule has 1 aromatic rings. The number of nitrogens with two attached hydrogens (primary N) is 1. The van der Waals surface area contributed by atoms with Crippen molar-refractivity contribution in [3.05, 3.63) is 18.2 Å². The smallest absolute Gasteiger partial charge is 0.0948 e. The third-order valence-electron chi connectivity index (χ3n) is 4.03. The Kier molecular flexibility index (Phi) is 5.36. The number of nitrogens with zero attached hydrogens (tertiary/aromatic N) is 3. The van der Waals surface area contributed by atoms with Gasteiger partial charge in [0.15, 0.2) is 0 Å². The van der Waals surface area contributed by atoms with E-state index in [-0.39, 0.29) is 6.04 Å². The van der Waals surface area contributed by atoms with Gasteiger partial charge in [-0.05, 0) is 26.3 Å². The van der Waals surface area contributed by atoms with Gasteiger partial charge in [-0.25, -0.2) is 4.98 Å². The summed E-state index contributed by atoms with van der Waals surface area (Å²) in [6.07, 6.45) is 7.17. The highest BCUT2D eigenvalue weighted by Crippen LogP contribution is 2.24. The Hall–Kier alpha value is -0.910. The van der Waals surface area contributed by atoms with E-state index >= 15 is 0 Å². The summed E-state index contributed by atoms with van der Waals surface area (Å²) in [5.41, 5.74) is 7.26. The lowest BCUT2D eigenvalue weighted by molar-refractivity contribution is 0.0282. The number of rotatable bonds is 6. The number of hydrogen-bond acceptors (Lipinski definition) is 4. The summed E-state index contributed by atoms with van der Waals surface area (Å²) >= 11 is 0. The van der Waals surface area contributed by atoms with Gasteiger partial charge in [0.2, 0.25) is 0 Å². The van der Waals surface area contributed by atoms with Crippen molar-refractivity contribution in [2.24, 2.45) is 5.73 Å². The molecule has 0 saturated carbocycles. The standard InChI is InChI=1S/C14H26N4O/c1-3-6-18-11-16-10-14(18)13(9-15)17(2)12-4-7-19-8-5-12/h10-13H,3-9,15H2,1-2H3. The quantitative estimate of drug-likeness (QED) is 0.845. The second-order valence-corrected chi connectivity index (χ2v) is 5.27. The van der Waals surface area contributed by atoms with Gasteiger partial charge in [-0.15, -0.1) is 0 Å². The van der Waals surface area contributed by atoms with Crippen LogP contribution in [0.2, 0.25) is 0 Å². The Morgan fingerprint density at radius 1 is 1.53 bits per heavy atom. The van der Waals surface area contributed by atoms with E-state index in [9.17, 15) is 0 Å². The summed E-state index contributed by atoms with van der Waals surface area (Å²) < 4.78 is 7.67. The van der Waals surface area contributed by atoms with Gasteiger partial charge in [0.1, 0.15) is 0 Å². The monoisotopic (exact) mass is 266 g/mol. The highest BCUT2D eigenvalue weighted by atomic mass is 16.5. The first-order chi connectivity index (χ1) is 9.27. The van der Waals surface area contributed by atoms with E-state index in [0.717, 1.165) is 39.0 Å². The van der Waals surface area contributed by atoms with Crippen LogP contribution in [0.4, 0.5) is 0 Å². The van der Waals surface area contributed by atoms with Gasteiger partial charge < -0.3 is 15.0 Å². The normalized spacial score (nSPS) is 18.9. The lowest BCUT2D eigenvalue weighted by atomic mass is 10.0. The number of aryl methyl sites for hydroxylation is 1. The maximum Gasteiger partial charge on any atom is 0.0948 e. The minimum Gasteiger partial charge on any atom is -0.381 e. The Morgan fingerprint density at radius 2 is 2.26 bits per heavy atom. The molecule has 1 fully saturated rings. The molecule has 1 aromatic heterocycles. The zero-order valence-electron chi connectivity index (χ0n) is 12.1. The highest BCUT2D eigenvalue weighted by molar-refractivity contribution is 5.07. The van der Waals surface area contributed by atoms with E-state index in [4.69, 9.17) is 10.5 Å². The molecule has 1 aliphatic rings. The van der Waals surface area contributed by atoms with Crippen LogP contribution in [0.25, 0.3) is 0 Å². The van der Waals surface area contributed by atoms with Crippen molar-refractivity contribution >= 4 is 0 Å². The molecule has 0 amide bonds. The van der Waals surface area contributed by atoms with Crippen molar-refractivity contribution in [2.45, 2.75) is 44.8 Å². The maximum absolute atomic E-state index is 6.02. The second kappa shape index (κ2) is 7.03. The Balaban J connectivity index is 2.11. The fourth-order valence-corrected chi connectivity index (χ4v) is 2.88. The van der Waals surface area contributed by atoms with Crippen molar-refractivity contribution in [3.8, 4) is 0 Å². The van der Waals surface area contributed by atoms with Crippen LogP contribution in [0, 0.1) is 0 Å². The first-order valence-corrected chi connectivity index (χ1v) is 7.27. The molecule has 1 atom stereocenters. The van der Waals surface area contributed by atoms with Crippen LogP contribution in [0.1, 0.15) is 37.9 Å². The molecule has 2 N–H and O–H groups in total. The summed E-state index contributed by atoms with van der Waals surface area (Å²) in [7, 11) is 2.18. The molecule has 5 nitrogen and oxygen atoms in total.